The number of hydrogen-bond donors (Lipinski definition) is 2. The monoisotopic (exact) mass is 559 g/mol. The number of carboxylic acids is 1. The van der Waals surface area contributed by atoms with E-state index in [0.29, 0.717) is 5.75 Å². The van der Waals surface area contributed by atoms with Crippen LogP contribution in [0.3, 0.4) is 0 Å². The van der Waals surface area contributed by atoms with Gasteiger partial charge in [0.05, 0.1) is 7.11 Å². The maximum absolute atomic E-state index is 11.5. The van der Waals surface area contributed by atoms with Crippen molar-refractivity contribution in [2.24, 2.45) is 0 Å². The lowest BCUT2D eigenvalue weighted by atomic mass is 10.1. The van der Waals surface area contributed by atoms with Crippen LogP contribution in [-0.4, -0.2) is 49.3 Å². The van der Waals surface area contributed by atoms with Gasteiger partial charge in [-0.15, -0.1) is 0 Å². The molecule has 0 bridgehead atoms. The number of aromatic carboxylic acids is 1. The van der Waals surface area contributed by atoms with E-state index in [9.17, 15) is 9.90 Å². The number of benzene rings is 4. The molecular weight excluding hydrogens is 518 g/mol. The van der Waals surface area contributed by atoms with E-state index < -0.39 is 5.97 Å². The van der Waals surface area contributed by atoms with Gasteiger partial charge in [-0.1, -0.05) is 64.1 Å². The van der Waals surface area contributed by atoms with Gasteiger partial charge in [0.25, 0.3) is 0 Å². The zero-order valence-corrected chi connectivity index (χ0v) is 25.0. The summed E-state index contributed by atoms with van der Waals surface area (Å²) in [4.78, 5) is 17.4. The lowest BCUT2D eigenvalue weighted by Crippen LogP contribution is -2.45. The second-order valence-electron chi connectivity index (χ2n) is 8.86. The maximum Gasteiger partial charge on any atom is 0.339 e. The van der Waals surface area contributed by atoms with Gasteiger partial charge < -0.3 is 19.5 Å². The van der Waals surface area contributed by atoms with Crippen LogP contribution in [0.25, 0.3) is 10.8 Å². The quantitative estimate of drug-likeness (QED) is 0.212. The van der Waals surface area contributed by atoms with Crippen LogP contribution >= 0.6 is 11.9 Å². The molecule has 40 heavy (non-hydrogen) atoms. The van der Waals surface area contributed by atoms with E-state index in [1.807, 2.05) is 33.8 Å². The Balaban J connectivity index is 0.00000106. The van der Waals surface area contributed by atoms with E-state index in [2.05, 4.69) is 81.3 Å². The van der Waals surface area contributed by atoms with Gasteiger partial charge in [0, 0.05) is 49.0 Å². The zero-order chi connectivity index (χ0) is 28.9. The number of rotatable bonds is 8. The van der Waals surface area contributed by atoms with Gasteiger partial charge in [0.15, 0.2) is 0 Å². The minimum Gasteiger partial charge on any atom is -0.496 e. The van der Waals surface area contributed by atoms with Crippen molar-refractivity contribution in [3.8, 4) is 5.75 Å². The smallest absolute Gasteiger partial charge is 0.339 e. The Hall–Kier alpha value is -3.68. The summed E-state index contributed by atoms with van der Waals surface area (Å²) >= 11 is 1.62. The van der Waals surface area contributed by atoms with E-state index in [1.165, 1.54) is 28.5 Å². The van der Waals surface area contributed by atoms with Crippen molar-refractivity contribution in [1.82, 2.24) is 4.90 Å². The van der Waals surface area contributed by atoms with Gasteiger partial charge in [0.1, 0.15) is 11.3 Å². The second-order valence-corrected chi connectivity index (χ2v) is 9.74. The number of fused-ring (bicyclic) bond motifs is 1. The number of anilines is 2. The Kier molecular flexibility index (Phi) is 12.2. The number of nitrogens with zero attached hydrogens (tertiary/aromatic N) is 2. The van der Waals surface area contributed by atoms with Gasteiger partial charge in [0.2, 0.25) is 0 Å². The van der Waals surface area contributed by atoms with Crippen molar-refractivity contribution >= 4 is 40.1 Å². The lowest BCUT2D eigenvalue weighted by molar-refractivity contribution is 0.0693. The molecule has 1 heterocycles. The van der Waals surface area contributed by atoms with Gasteiger partial charge in [-0.05, 0) is 76.8 Å². The van der Waals surface area contributed by atoms with Crippen LogP contribution in [0.4, 0.5) is 11.4 Å². The first-order chi connectivity index (χ1) is 19.6. The summed E-state index contributed by atoms with van der Waals surface area (Å²) in [6.45, 7) is 12.4. The Morgan fingerprint density at radius 1 is 0.850 bits per heavy atom. The highest BCUT2D eigenvalue weighted by atomic mass is 32.2. The van der Waals surface area contributed by atoms with Gasteiger partial charge in [-0.3, -0.25) is 4.90 Å². The molecule has 0 radical (unpaired) electrons. The summed E-state index contributed by atoms with van der Waals surface area (Å²) in [6.07, 6.45) is 0. The minimum absolute atomic E-state index is 0.209. The van der Waals surface area contributed by atoms with Crippen molar-refractivity contribution in [3.63, 3.8) is 0 Å². The van der Waals surface area contributed by atoms with Crippen molar-refractivity contribution in [3.05, 3.63) is 96.1 Å². The number of hydrogen-bond acceptors (Lipinski definition) is 6. The number of piperazine rings is 1. The molecule has 2 N–H and O–H groups in total. The highest BCUT2D eigenvalue weighted by Crippen LogP contribution is 2.27. The Labute approximate surface area is 243 Å². The second kappa shape index (κ2) is 15.8. The molecule has 7 heteroatoms. The molecule has 5 rings (SSSR count). The first kappa shape index (κ1) is 30.9. The molecule has 0 spiro atoms. The fraction of sp³-hybridized carbons (Fsp3) is 0.303. The largest absolute Gasteiger partial charge is 0.496 e. The molecule has 0 unspecified atom stereocenters. The molecule has 0 saturated carbocycles. The molecule has 0 amide bonds. The lowest BCUT2D eigenvalue weighted by Gasteiger charge is -2.36. The molecule has 1 aliphatic rings. The molecular formula is C33H41N3O3S. The maximum atomic E-state index is 11.5. The van der Waals surface area contributed by atoms with Crippen molar-refractivity contribution < 1.29 is 14.6 Å². The molecule has 4 aromatic carbocycles. The van der Waals surface area contributed by atoms with E-state index in [1.54, 1.807) is 24.1 Å². The molecule has 1 saturated heterocycles. The van der Waals surface area contributed by atoms with Crippen LogP contribution in [0.15, 0.2) is 89.8 Å². The molecule has 4 aromatic rings. The molecule has 0 atom stereocenters. The molecule has 6 nitrogen and oxygen atoms in total. The summed E-state index contributed by atoms with van der Waals surface area (Å²) in [5, 5.41) is 11.9. The normalized spacial score (nSPS) is 13.0. The van der Waals surface area contributed by atoms with Crippen LogP contribution in [0.2, 0.25) is 0 Å². The highest BCUT2D eigenvalue weighted by molar-refractivity contribution is 8.00. The van der Waals surface area contributed by atoms with Crippen molar-refractivity contribution in [1.29, 1.82) is 0 Å². The third kappa shape index (κ3) is 8.16. The zero-order valence-electron chi connectivity index (χ0n) is 24.2. The molecule has 0 aromatic heterocycles. The molecule has 212 valence electrons. The predicted octanol–water partition coefficient (Wildman–Crippen LogP) is 8.04. The third-order valence-corrected chi connectivity index (χ3v) is 7.34. The highest BCUT2D eigenvalue weighted by Gasteiger charge is 2.19. The van der Waals surface area contributed by atoms with E-state index >= 15 is 0 Å². The summed E-state index contributed by atoms with van der Waals surface area (Å²) in [6, 6.07) is 28.9. The van der Waals surface area contributed by atoms with Crippen LogP contribution in [0.5, 0.6) is 5.75 Å². The summed E-state index contributed by atoms with van der Waals surface area (Å²) in [7, 11) is 1.49. The van der Waals surface area contributed by atoms with E-state index in [4.69, 9.17) is 4.74 Å². The van der Waals surface area contributed by atoms with Crippen molar-refractivity contribution in [2.45, 2.75) is 39.1 Å². The number of nitrogens with one attached hydrogen (secondary N) is 1. The number of ether oxygens (including phenoxy) is 1. The molecule has 1 aliphatic heterocycles. The first-order valence-corrected chi connectivity index (χ1v) is 14.8. The van der Waals surface area contributed by atoms with Gasteiger partial charge in [-0.25, -0.2) is 4.79 Å². The Bertz CT molecular complexity index is 1350. The van der Waals surface area contributed by atoms with E-state index in [0.717, 1.165) is 44.0 Å². The summed E-state index contributed by atoms with van der Waals surface area (Å²) < 4.78 is 8.62. The number of carbonyl (C=O) groups is 1. The molecule has 0 aliphatic carbocycles. The summed E-state index contributed by atoms with van der Waals surface area (Å²) in [5.41, 5.74) is 3.49. The van der Waals surface area contributed by atoms with Crippen LogP contribution in [0.1, 0.15) is 43.6 Å². The van der Waals surface area contributed by atoms with Crippen molar-refractivity contribution in [2.75, 3.05) is 42.9 Å². The number of methoxy groups -OCH3 is 1. The summed E-state index contributed by atoms with van der Waals surface area (Å²) in [5.74, 6) is -0.572. The van der Waals surface area contributed by atoms with Crippen LogP contribution < -0.4 is 14.4 Å². The average Bonchev–Trinajstić information content (AvgIpc) is 3.02. The fourth-order valence-corrected chi connectivity index (χ4v) is 5.23. The van der Waals surface area contributed by atoms with Crippen LogP contribution in [-0.2, 0) is 6.54 Å². The SMILES string of the molecule is CC.CC.COc1ccc(CN2CCN(c3ccc(NSc4ccc5ccccc5c4)cc3)CC2)cc1C(=O)O. The fourth-order valence-electron chi connectivity index (χ4n) is 4.53. The topological polar surface area (TPSA) is 65.0 Å². The Morgan fingerprint density at radius 2 is 1.52 bits per heavy atom. The van der Waals surface area contributed by atoms with Crippen LogP contribution in [0, 0.1) is 0 Å². The average molecular weight is 560 g/mol. The third-order valence-electron chi connectivity index (χ3n) is 6.51. The first-order valence-electron chi connectivity index (χ1n) is 14.0. The standard InChI is InChI=1S/C29H29N3O3S.2C2H6/c1-35-28-13-6-21(18-27(28)29(33)34)20-31-14-16-32(17-15-31)25-10-8-24(9-11-25)30-36-26-12-7-22-4-2-3-5-23(22)19-26;2*1-2/h2-13,18-19,30H,14-17,20H2,1H3,(H,33,34);2*1-2H3. The van der Waals surface area contributed by atoms with E-state index in [-0.39, 0.29) is 5.56 Å². The van der Waals surface area contributed by atoms with Gasteiger partial charge in [-0.2, -0.15) is 0 Å². The Morgan fingerprint density at radius 3 is 2.17 bits per heavy atom. The van der Waals surface area contributed by atoms with Gasteiger partial charge >= 0.3 is 5.97 Å². The molecule has 1 fully saturated rings. The number of carboxylic acid groups (broad SMARTS) is 1. The minimum atomic E-state index is -0.966. The predicted molar refractivity (Wildman–Crippen MR) is 170 cm³/mol.